The molecule has 0 saturated carbocycles. The van der Waals surface area contributed by atoms with E-state index in [0.717, 1.165) is 21.7 Å². The van der Waals surface area contributed by atoms with Gasteiger partial charge in [0.2, 0.25) is 5.56 Å². The van der Waals surface area contributed by atoms with Gasteiger partial charge in [-0.25, -0.2) is 4.98 Å². The highest BCUT2D eigenvalue weighted by atomic mass is 32.2. The molecule has 0 fully saturated rings. The second-order valence-corrected chi connectivity index (χ2v) is 5.13. The third kappa shape index (κ3) is 2.18. The van der Waals surface area contributed by atoms with Crippen molar-refractivity contribution in [3.63, 3.8) is 0 Å². The number of nitrogens with one attached hydrogen (secondary N) is 2. The van der Waals surface area contributed by atoms with Gasteiger partial charge in [0, 0.05) is 17.2 Å². The summed E-state index contributed by atoms with van der Waals surface area (Å²) in [5, 5.41) is 0. The highest BCUT2D eigenvalue weighted by molar-refractivity contribution is 7.98. The van der Waals surface area contributed by atoms with Crippen LogP contribution < -0.4 is 10.3 Å². The number of pyridine rings is 1. The zero-order valence-electron chi connectivity index (χ0n) is 11.1. The predicted molar refractivity (Wildman–Crippen MR) is 80.5 cm³/mol. The summed E-state index contributed by atoms with van der Waals surface area (Å²) in [6.07, 6.45) is 3.64. The largest absolute Gasteiger partial charge is 0.496 e. The van der Waals surface area contributed by atoms with Crippen molar-refractivity contribution in [1.29, 1.82) is 0 Å². The quantitative estimate of drug-likeness (QED) is 0.726. The highest BCUT2D eigenvalue weighted by Gasteiger charge is 2.11. The zero-order valence-corrected chi connectivity index (χ0v) is 11.9. The summed E-state index contributed by atoms with van der Waals surface area (Å²) in [6.45, 7) is 0. The van der Waals surface area contributed by atoms with Crippen molar-refractivity contribution in [3.8, 4) is 17.1 Å². The lowest BCUT2D eigenvalue weighted by molar-refractivity contribution is 0.415. The Bertz CT molecular complexity index is 823. The SMILES string of the molecule is COc1cc(SC)ccc1-c1nc2cc(=O)[nH]cc2[nH]1. The molecule has 6 heteroatoms. The Hall–Kier alpha value is -2.21. The zero-order chi connectivity index (χ0) is 14.1. The number of ether oxygens (including phenoxy) is 1. The van der Waals surface area contributed by atoms with Gasteiger partial charge in [-0.05, 0) is 24.5 Å². The van der Waals surface area contributed by atoms with Crippen LogP contribution in [0, 0.1) is 0 Å². The minimum absolute atomic E-state index is 0.166. The van der Waals surface area contributed by atoms with E-state index in [1.54, 1.807) is 25.1 Å². The van der Waals surface area contributed by atoms with E-state index in [-0.39, 0.29) is 5.56 Å². The minimum atomic E-state index is -0.166. The number of aromatic nitrogens is 3. The fraction of sp³-hybridized carbons (Fsp3) is 0.143. The molecule has 0 aliphatic carbocycles. The Balaban J connectivity index is 2.17. The molecule has 0 atom stereocenters. The number of methoxy groups -OCH3 is 1. The molecule has 5 nitrogen and oxygen atoms in total. The van der Waals surface area contributed by atoms with E-state index in [9.17, 15) is 4.79 Å². The van der Waals surface area contributed by atoms with E-state index in [2.05, 4.69) is 15.0 Å². The maximum Gasteiger partial charge on any atom is 0.250 e. The van der Waals surface area contributed by atoms with Crippen LogP contribution in [0.4, 0.5) is 0 Å². The molecule has 0 amide bonds. The second-order valence-electron chi connectivity index (χ2n) is 4.25. The van der Waals surface area contributed by atoms with Crippen LogP contribution in [0.15, 0.2) is 40.2 Å². The second kappa shape index (κ2) is 5.05. The average Bonchev–Trinajstić information content (AvgIpc) is 2.89. The van der Waals surface area contributed by atoms with E-state index in [1.807, 2.05) is 24.5 Å². The standard InChI is InChI=1S/C14H13N3O2S/c1-19-12-5-8(20-2)3-4-9(12)14-16-10-6-13(18)15-7-11(10)17-14/h3-7H,1-2H3,(H,15,18)(H,16,17). The van der Waals surface area contributed by atoms with Gasteiger partial charge in [0.05, 0.1) is 23.7 Å². The van der Waals surface area contributed by atoms with Crippen LogP contribution in [0.5, 0.6) is 5.75 Å². The average molecular weight is 287 g/mol. The van der Waals surface area contributed by atoms with Gasteiger partial charge in [-0.1, -0.05) is 0 Å². The van der Waals surface area contributed by atoms with Gasteiger partial charge in [0.1, 0.15) is 11.6 Å². The minimum Gasteiger partial charge on any atom is -0.496 e. The molecular weight excluding hydrogens is 274 g/mol. The monoisotopic (exact) mass is 287 g/mol. The molecule has 0 saturated heterocycles. The molecule has 0 bridgehead atoms. The fourth-order valence-corrected chi connectivity index (χ4v) is 2.48. The lowest BCUT2D eigenvalue weighted by atomic mass is 10.2. The fourth-order valence-electron chi connectivity index (χ4n) is 2.05. The lowest BCUT2D eigenvalue weighted by Crippen LogP contribution is -2.00. The van der Waals surface area contributed by atoms with Gasteiger partial charge in [-0.3, -0.25) is 4.79 Å². The highest BCUT2D eigenvalue weighted by Crippen LogP contribution is 2.32. The topological polar surface area (TPSA) is 70.8 Å². The van der Waals surface area contributed by atoms with E-state index >= 15 is 0 Å². The number of thioether (sulfide) groups is 1. The molecule has 0 radical (unpaired) electrons. The van der Waals surface area contributed by atoms with Gasteiger partial charge < -0.3 is 14.7 Å². The number of hydrogen-bond donors (Lipinski definition) is 2. The number of rotatable bonds is 3. The normalized spacial score (nSPS) is 10.9. The van der Waals surface area contributed by atoms with Crippen molar-refractivity contribution in [2.24, 2.45) is 0 Å². The first kappa shape index (κ1) is 12.8. The number of imidazole rings is 1. The summed E-state index contributed by atoms with van der Waals surface area (Å²) < 4.78 is 5.42. The number of aromatic amines is 2. The number of hydrogen-bond acceptors (Lipinski definition) is 4. The summed E-state index contributed by atoms with van der Waals surface area (Å²) in [7, 11) is 1.63. The molecule has 0 aliphatic heterocycles. The summed E-state index contributed by atoms with van der Waals surface area (Å²) >= 11 is 1.65. The van der Waals surface area contributed by atoms with Gasteiger partial charge in [-0.15, -0.1) is 11.8 Å². The molecule has 0 unspecified atom stereocenters. The molecule has 20 heavy (non-hydrogen) atoms. The van der Waals surface area contributed by atoms with Crippen molar-refractivity contribution in [2.45, 2.75) is 4.90 Å². The lowest BCUT2D eigenvalue weighted by Gasteiger charge is -2.07. The molecule has 0 spiro atoms. The number of fused-ring (bicyclic) bond motifs is 1. The van der Waals surface area contributed by atoms with Crippen molar-refractivity contribution in [1.82, 2.24) is 15.0 Å². The van der Waals surface area contributed by atoms with Gasteiger partial charge in [0.25, 0.3) is 0 Å². The first-order valence-corrected chi connectivity index (χ1v) is 7.24. The van der Waals surface area contributed by atoms with E-state index in [0.29, 0.717) is 11.3 Å². The molecule has 2 N–H and O–H groups in total. The van der Waals surface area contributed by atoms with Crippen LogP contribution in [0.2, 0.25) is 0 Å². The van der Waals surface area contributed by atoms with Crippen molar-refractivity contribution >= 4 is 22.8 Å². The van der Waals surface area contributed by atoms with Crippen LogP contribution in [0.25, 0.3) is 22.4 Å². The molecule has 1 aromatic carbocycles. The number of nitrogens with zero attached hydrogens (tertiary/aromatic N) is 1. The van der Waals surface area contributed by atoms with Crippen LogP contribution >= 0.6 is 11.8 Å². The van der Waals surface area contributed by atoms with E-state index in [4.69, 9.17) is 4.74 Å². The Morgan fingerprint density at radius 3 is 2.90 bits per heavy atom. The van der Waals surface area contributed by atoms with Gasteiger partial charge in [0.15, 0.2) is 0 Å². The molecule has 2 heterocycles. The van der Waals surface area contributed by atoms with Gasteiger partial charge in [-0.2, -0.15) is 0 Å². The molecule has 0 aliphatic rings. The molecule has 102 valence electrons. The van der Waals surface area contributed by atoms with E-state index in [1.165, 1.54) is 6.07 Å². The summed E-state index contributed by atoms with van der Waals surface area (Å²) in [4.78, 5) is 22.7. The van der Waals surface area contributed by atoms with Crippen LogP contribution in [0.1, 0.15) is 0 Å². The number of benzene rings is 1. The van der Waals surface area contributed by atoms with Crippen molar-refractivity contribution in [2.75, 3.05) is 13.4 Å². The summed E-state index contributed by atoms with van der Waals surface area (Å²) in [6, 6.07) is 7.42. The van der Waals surface area contributed by atoms with Crippen LogP contribution in [-0.2, 0) is 0 Å². The van der Waals surface area contributed by atoms with E-state index < -0.39 is 0 Å². The maximum atomic E-state index is 11.3. The number of H-pyrrole nitrogens is 2. The first-order valence-electron chi connectivity index (χ1n) is 6.02. The van der Waals surface area contributed by atoms with Crippen molar-refractivity contribution in [3.05, 3.63) is 40.8 Å². The maximum absolute atomic E-state index is 11.3. The third-order valence-electron chi connectivity index (χ3n) is 3.05. The Morgan fingerprint density at radius 1 is 1.30 bits per heavy atom. The smallest absolute Gasteiger partial charge is 0.250 e. The molecular formula is C14H13N3O2S. The Morgan fingerprint density at radius 2 is 2.15 bits per heavy atom. The Kier molecular flexibility index (Phi) is 3.23. The first-order chi connectivity index (χ1) is 9.71. The molecule has 2 aromatic heterocycles. The van der Waals surface area contributed by atoms with Crippen molar-refractivity contribution < 1.29 is 4.74 Å². The third-order valence-corrected chi connectivity index (χ3v) is 3.78. The molecule has 3 rings (SSSR count). The predicted octanol–water partition coefficient (Wildman–Crippen LogP) is 2.65. The summed E-state index contributed by atoms with van der Waals surface area (Å²) in [5.41, 5.74) is 2.13. The Labute approximate surface area is 119 Å². The van der Waals surface area contributed by atoms with Gasteiger partial charge >= 0.3 is 0 Å². The summed E-state index contributed by atoms with van der Waals surface area (Å²) in [5.74, 6) is 1.44. The van der Waals surface area contributed by atoms with Crippen LogP contribution in [-0.4, -0.2) is 28.3 Å². The molecule has 3 aromatic rings. The van der Waals surface area contributed by atoms with Crippen LogP contribution in [0.3, 0.4) is 0 Å².